The summed E-state index contributed by atoms with van der Waals surface area (Å²) in [6.45, 7) is 7.66. The molecule has 0 bridgehead atoms. The van der Waals surface area contributed by atoms with Gasteiger partial charge in [0.05, 0.1) is 20.8 Å². The third-order valence-electron chi connectivity index (χ3n) is 5.45. The van der Waals surface area contributed by atoms with Crippen LogP contribution in [0, 0.1) is 0 Å². The summed E-state index contributed by atoms with van der Waals surface area (Å²) in [6.07, 6.45) is 2.08. The summed E-state index contributed by atoms with van der Waals surface area (Å²) in [5.41, 5.74) is 2.68. The fourth-order valence-electron chi connectivity index (χ4n) is 3.74. The van der Waals surface area contributed by atoms with Gasteiger partial charge < -0.3 is 19.7 Å². The molecule has 0 aliphatic carbocycles. The molecule has 2 aromatic rings. The average molecular weight is 431 g/mol. The highest BCUT2D eigenvalue weighted by Gasteiger charge is 2.19. The zero-order valence-electron chi connectivity index (χ0n) is 18.6. The zero-order valence-corrected chi connectivity index (χ0v) is 19.4. The maximum atomic E-state index is 5.47. The molecule has 164 valence electrons. The standard InChI is InChI=1S/C23H34N4O2S/c1-5-24-23(26(2)11-9-20-7-6-14-30-20)25-10-13-27-12-8-18-15-21(28-3)22(29-4)16-19(18)17-27/h6-7,14-16H,5,8-13,17H2,1-4H3,(H,24,25). The maximum absolute atomic E-state index is 5.47. The minimum absolute atomic E-state index is 0.786. The van der Waals surface area contributed by atoms with E-state index in [-0.39, 0.29) is 0 Å². The molecular formula is C23H34N4O2S. The predicted molar refractivity (Wildman–Crippen MR) is 125 cm³/mol. The van der Waals surface area contributed by atoms with Crippen LogP contribution in [0.3, 0.4) is 0 Å². The van der Waals surface area contributed by atoms with Gasteiger partial charge in [0, 0.05) is 44.6 Å². The Hall–Kier alpha value is -2.25. The van der Waals surface area contributed by atoms with Crippen LogP contribution in [0.15, 0.2) is 34.6 Å². The molecule has 30 heavy (non-hydrogen) atoms. The molecule has 0 amide bonds. The number of rotatable bonds is 9. The van der Waals surface area contributed by atoms with Crippen LogP contribution < -0.4 is 14.8 Å². The number of guanidine groups is 1. The third-order valence-corrected chi connectivity index (χ3v) is 6.38. The molecule has 1 aromatic carbocycles. The van der Waals surface area contributed by atoms with Gasteiger partial charge in [-0.05, 0) is 54.5 Å². The average Bonchev–Trinajstić information content (AvgIpc) is 3.29. The second-order valence-corrected chi connectivity index (χ2v) is 8.52. The molecule has 1 N–H and O–H groups in total. The number of likely N-dealkylation sites (N-methyl/N-ethyl adjacent to an activating group) is 1. The normalized spacial score (nSPS) is 14.3. The molecule has 1 aliphatic rings. The number of thiophene rings is 1. The molecule has 0 saturated heterocycles. The fourth-order valence-corrected chi connectivity index (χ4v) is 4.44. The SMILES string of the molecule is CCNC(=NCCN1CCc2cc(OC)c(OC)cc2C1)N(C)CCc1cccs1. The Bertz CT molecular complexity index is 823. The van der Waals surface area contributed by atoms with Crippen LogP contribution in [0.25, 0.3) is 0 Å². The lowest BCUT2D eigenvalue weighted by Gasteiger charge is -2.29. The van der Waals surface area contributed by atoms with Crippen LogP contribution in [0.2, 0.25) is 0 Å². The molecule has 1 aliphatic heterocycles. The number of ether oxygens (including phenoxy) is 2. The van der Waals surface area contributed by atoms with Crippen molar-refractivity contribution in [2.45, 2.75) is 26.3 Å². The van der Waals surface area contributed by atoms with E-state index in [0.29, 0.717) is 0 Å². The van der Waals surface area contributed by atoms with Gasteiger partial charge >= 0.3 is 0 Å². The summed E-state index contributed by atoms with van der Waals surface area (Å²) in [5.74, 6) is 2.60. The summed E-state index contributed by atoms with van der Waals surface area (Å²) in [4.78, 5) is 11.0. The lowest BCUT2D eigenvalue weighted by Crippen LogP contribution is -2.40. The summed E-state index contributed by atoms with van der Waals surface area (Å²) in [6, 6.07) is 8.55. The first kappa shape index (κ1) is 22.4. The number of benzene rings is 1. The van der Waals surface area contributed by atoms with Crippen molar-refractivity contribution in [3.63, 3.8) is 0 Å². The highest BCUT2D eigenvalue weighted by atomic mass is 32.1. The molecule has 7 heteroatoms. The first-order chi connectivity index (χ1) is 14.6. The summed E-state index contributed by atoms with van der Waals surface area (Å²) in [5, 5.41) is 5.56. The smallest absolute Gasteiger partial charge is 0.193 e. The Balaban J connectivity index is 1.55. The van der Waals surface area contributed by atoms with E-state index in [1.54, 1.807) is 14.2 Å². The first-order valence-corrected chi connectivity index (χ1v) is 11.5. The quantitative estimate of drug-likeness (QED) is 0.489. The van der Waals surface area contributed by atoms with E-state index in [2.05, 4.69) is 58.7 Å². The molecule has 0 radical (unpaired) electrons. The highest BCUT2D eigenvalue weighted by molar-refractivity contribution is 7.09. The number of nitrogens with one attached hydrogen (secondary N) is 1. The number of methoxy groups -OCH3 is 2. The van der Waals surface area contributed by atoms with Crippen molar-refractivity contribution in [2.75, 3.05) is 54.0 Å². The Kier molecular flexibility index (Phi) is 8.39. The number of nitrogens with zero attached hydrogens (tertiary/aromatic N) is 3. The Morgan fingerprint density at radius 2 is 2.00 bits per heavy atom. The van der Waals surface area contributed by atoms with Gasteiger partial charge in [-0.3, -0.25) is 9.89 Å². The highest BCUT2D eigenvalue weighted by Crippen LogP contribution is 2.33. The number of hydrogen-bond donors (Lipinski definition) is 1. The second-order valence-electron chi connectivity index (χ2n) is 7.49. The van der Waals surface area contributed by atoms with Crippen molar-refractivity contribution in [3.8, 4) is 11.5 Å². The van der Waals surface area contributed by atoms with Crippen LogP contribution in [0.4, 0.5) is 0 Å². The Morgan fingerprint density at radius 3 is 2.67 bits per heavy atom. The van der Waals surface area contributed by atoms with Crippen molar-refractivity contribution in [1.29, 1.82) is 0 Å². The number of hydrogen-bond acceptors (Lipinski definition) is 5. The van der Waals surface area contributed by atoms with Crippen molar-refractivity contribution >= 4 is 17.3 Å². The lowest BCUT2D eigenvalue weighted by atomic mass is 9.99. The Morgan fingerprint density at radius 1 is 1.23 bits per heavy atom. The van der Waals surface area contributed by atoms with E-state index in [4.69, 9.17) is 14.5 Å². The molecule has 0 fully saturated rings. The molecule has 0 saturated carbocycles. The minimum Gasteiger partial charge on any atom is -0.493 e. The molecule has 0 atom stereocenters. The molecule has 1 aromatic heterocycles. The molecular weight excluding hydrogens is 396 g/mol. The molecule has 3 rings (SSSR count). The number of aliphatic imine (C=N–C) groups is 1. The maximum Gasteiger partial charge on any atom is 0.193 e. The van der Waals surface area contributed by atoms with Crippen LogP contribution in [-0.2, 0) is 19.4 Å². The van der Waals surface area contributed by atoms with Crippen LogP contribution in [-0.4, -0.2) is 69.8 Å². The Labute approximate surface area is 184 Å². The van der Waals surface area contributed by atoms with Crippen molar-refractivity contribution in [2.24, 2.45) is 4.99 Å². The van der Waals surface area contributed by atoms with Crippen LogP contribution in [0.5, 0.6) is 11.5 Å². The summed E-state index contributed by atoms with van der Waals surface area (Å²) >= 11 is 1.82. The summed E-state index contributed by atoms with van der Waals surface area (Å²) in [7, 11) is 5.50. The molecule has 2 heterocycles. The van der Waals surface area contributed by atoms with Gasteiger partial charge in [0.2, 0.25) is 0 Å². The topological polar surface area (TPSA) is 49.3 Å². The van der Waals surface area contributed by atoms with E-state index in [9.17, 15) is 0 Å². The number of fused-ring (bicyclic) bond motifs is 1. The minimum atomic E-state index is 0.786. The van der Waals surface area contributed by atoms with E-state index < -0.39 is 0 Å². The molecule has 0 spiro atoms. The van der Waals surface area contributed by atoms with Gasteiger partial charge in [-0.2, -0.15) is 0 Å². The van der Waals surface area contributed by atoms with Crippen LogP contribution in [0.1, 0.15) is 22.9 Å². The first-order valence-electron chi connectivity index (χ1n) is 10.6. The lowest BCUT2D eigenvalue weighted by molar-refractivity contribution is 0.259. The predicted octanol–water partition coefficient (Wildman–Crippen LogP) is 3.26. The van der Waals surface area contributed by atoms with E-state index in [1.807, 2.05) is 11.3 Å². The van der Waals surface area contributed by atoms with Crippen molar-refractivity contribution in [3.05, 3.63) is 45.6 Å². The van der Waals surface area contributed by atoms with E-state index in [1.165, 1.54) is 16.0 Å². The van der Waals surface area contributed by atoms with E-state index in [0.717, 1.165) is 69.6 Å². The van der Waals surface area contributed by atoms with Crippen molar-refractivity contribution < 1.29 is 9.47 Å². The fraction of sp³-hybridized carbons (Fsp3) is 0.522. The molecule has 0 unspecified atom stereocenters. The van der Waals surface area contributed by atoms with Gasteiger partial charge in [0.1, 0.15) is 0 Å². The third kappa shape index (κ3) is 5.89. The van der Waals surface area contributed by atoms with Gasteiger partial charge in [-0.25, -0.2) is 0 Å². The second kappa shape index (κ2) is 11.2. The zero-order chi connectivity index (χ0) is 21.3. The van der Waals surface area contributed by atoms with Crippen LogP contribution >= 0.6 is 11.3 Å². The van der Waals surface area contributed by atoms with Gasteiger partial charge in [-0.1, -0.05) is 6.07 Å². The van der Waals surface area contributed by atoms with Gasteiger partial charge in [-0.15, -0.1) is 11.3 Å². The van der Waals surface area contributed by atoms with Gasteiger partial charge in [0.15, 0.2) is 17.5 Å². The summed E-state index contributed by atoms with van der Waals surface area (Å²) < 4.78 is 10.9. The van der Waals surface area contributed by atoms with Gasteiger partial charge in [0.25, 0.3) is 0 Å². The molecule has 6 nitrogen and oxygen atoms in total. The van der Waals surface area contributed by atoms with Crippen molar-refractivity contribution in [1.82, 2.24) is 15.1 Å². The monoisotopic (exact) mass is 430 g/mol. The largest absolute Gasteiger partial charge is 0.493 e. The van der Waals surface area contributed by atoms with E-state index >= 15 is 0 Å².